The number of piperidine rings is 1. The fraction of sp³-hybridized carbons (Fsp3) is 0.452. The number of hydrogen-bond donors (Lipinski definition) is 4. The van der Waals surface area contributed by atoms with Crippen LogP contribution in [-0.4, -0.2) is 125 Å². The quantitative estimate of drug-likeness (QED) is 0.0696. The van der Waals surface area contributed by atoms with E-state index in [0.717, 1.165) is 52.1 Å². The molecule has 17 heteroatoms. The smallest absolute Gasteiger partial charge is 0.258 e. The highest BCUT2D eigenvalue weighted by Crippen LogP contribution is 2.36. The summed E-state index contributed by atoms with van der Waals surface area (Å²) in [6, 6.07) is 12.1. The molecule has 0 aliphatic carbocycles. The average Bonchev–Trinajstić information content (AvgIpc) is 3.25. The lowest BCUT2D eigenvalue weighted by Crippen LogP contribution is -2.38. The standard InChI is InChI=1S/C42H53ClN8O8/c1-28(52)38(42(56)47-35-27-36(57-2)34(43)26-37(35)58-3)49-48-32-11-9-29(10-12-32)41(55)46-33-24-30(39(53)44-13-7-17-50-15-5-4-6-16-50)23-31(25-33)40(54)45-14-8-18-51-19-21-59-22-20-51/h9-12,23-27,38H,4-8,13-22H2,1-3H3,(H,44,53)(H,45,54)(H,46,55)(H,47,56). The molecule has 0 bridgehead atoms. The van der Waals surface area contributed by atoms with Crippen LogP contribution in [0.25, 0.3) is 0 Å². The minimum Gasteiger partial charge on any atom is -0.495 e. The summed E-state index contributed by atoms with van der Waals surface area (Å²) < 4.78 is 15.9. The molecule has 1 atom stereocenters. The first kappa shape index (κ1) is 44.7. The van der Waals surface area contributed by atoms with E-state index in [1.165, 1.54) is 95.0 Å². The predicted molar refractivity (Wildman–Crippen MR) is 224 cm³/mol. The Labute approximate surface area is 349 Å². The first-order valence-electron chi connectivity index (χ1n) is 19.8. The number of carbonyl (C=O) groups is 5. The summed E-state index contributed by atoms with van der Waals surface area (Å²) in [6.07, 6.45) is 5.19. The summed E-state index contributed by atoms with van der Waals surface area (Å²) in [5, 5.41) is 19.7. The lowest BCUT2D eigenvalue weighted by molar-refractivity contribution is -0.126. The van der Waals surface area contributed by atoms with Crippen LogP contribution in [0.4, 0.5) is 17.1 Å². The van der Waals surface area contributed by atoms with Crippen LogP contribution in [0.1, 0.15) is 70.1 Å². The van der Waals surface area contributed by atoms with Gasteiger partial charge in [0.25, 0.3) is 23.6 Å². The maximum atomic E-state index is 13.4. The van der Waals surface area contributed by atoms with Crippen molar-refractivity contribution in [3.8, 4) is 11.5 Å². The summed E-state index contributed by atoms with van der Waals surface area (Å²) in [5.74, 6) is -1.98. The predicted octanol–water partition coefficient (Wildman–Crippen LogP) is 5.35. The van der Waals surface area contributed by atoms with Gasteiger partial charge >= 0.3 is 0 Å². The molecule has 2 fully saturated rings. The van der Waals surface area contributed by atoms with Gasteiger partial charge in [0.15, 0.2) is 5.78 Å². The Balaban J connectivity index is 1.23. The maximum Gasteiger partial charge on any atom is 0.258 e. The summed E-state index contributed by atoms with van der Waals surface area (Å²) in [6.45, 7) is 9.12. The van der Waals surface area contributed by atoms with Crippen LogP contribution in [0, 0.1) is 0 Å². The summed E-state index contributed by atoms with van der Waals surface area (Å²) in [4.78, 5) is 70.3. The molecule has 2 heterocycles. The van der Waals surface area contributed by atoms with Crippen molar-refractivity contribution in [1.29, 1.82) is 0 Å². The Hall–Kier alpha value is -5.42. The Morgan fingerprint density at radius 1 is 0.729 bits per heavy atom. The second-order valence-electron chi connectivity index (χ2n) is 14.3. The summed E-state index contributed by atoms with van der Waals surface area (Å²) >= 11 is 6.17. The first-order chi connectivity index (χ1) is 28.5. The van der Waals surface area contributed by atoms with Crippen LogP contribution in [0.5, 0.6) is 11.5 Å². The zero-order valence-electron chi connectivity index (χ0n) is 33.8. The van der Waals surface area contributed by atoms with Crippen molar-refractivity contribution in [2.24, 2.45) is 10.2 Å². The zero-order valence-corrected chi connectivity index (χ0v) is 34.6. The van der Waals surface area contributed by atoms with Crippen molar-refractivity contribution in [2.45, 2.75) is 45.1 Å². The molecule has 0 aromatic heterocycles. The topological polar surface area (TPSA) is 192 Å². The third-order valence-electron chi connectivity index (χ3n) is 9.92. The molecule has 2 saturated heterocycles. The summed E-state index contributed by atoms with van der Waals surface area (Å²) in [5.41, 5.74) is 1.49. The highest BCUT2D eigenvalue weighted by molar-refractivity contribution is 6.32. The molecule has 3 aromatic rings. The van der Waals surface area contributed by atoms with Crippen LogP contribution in [-0.2, 0) is 14.3 Å². The highest BCUT2D eigenvalue weighted by atomic mass is 35.5. The Bertz CT molecular complexity index is 1910. The molecular weight excluding hydrogens is 780 g/mol. The van der Waals surface area contributed by atoms with Crippen LogP contribution < -0.4 is 30.7 Å². The number of morpholine rings is 1. The van der Waals surface area contributed by atoms with Gasteiger partial charge in [0.2, 0.25) is 6.04 Å². The number of halogens is 1. The fourth-order valence-corrected chi connectivity index (χ4v) is 6.90. The Kier molecular flexibility index (Phi) is 17.2. The van der Waals surface area contributed by atoms with Crippen molar-refractivity contribution in [2.75, 3.05) is 90.4 Å². The number of nitrogens with one attached hydrogen (secondary N) is 4. The van der Waals surface area contributed by atoms with Gasteiger partial charge in [-0.15, -0.1) is 0 Å². The number of ether oxygens (including phenoxy) is 3. The van der Waals surface area contributed by atoms with E-state index < -0.39 is 23.6 Å². The largest absolute Gasteiger partial charge is 0.495 e. The van der Waals surface area contributed by atoms with Crippen LogP contribution >= 0.6 is 11.6 Å². The first-order valence-corrected chi connectivity index (χ1v) is 20.2. The maximum absolute atomic E-state index is 13.4. The molecule has 0 radical (unpaired) electrons. The van der Waals surface area contributed by atoms with Gasteiger partial charge in [-0.05, 0) is 101 Å². The highest BCUT2D eigenvalue weighted by Gasteiger charge is 2.25. The SMILES string of the molecule is COc1cc(NC(=O)C(N=Nc2ccc(C(=O)Nc3cc(C(=O)NCCCN4CCCCC4)cc(C(=O)NCCCN4CCOCC4)c3)cc2)C(C)=O)c(OC)cc1Cl. The van der Waals surface area contributed by atoms with Gasteiger partial charge in [-0.1, -0.05) is 18.0 Å². The van der Waals surface area contributed by atoms with Gasteiger partial charge in [-0.2, -0.15) is 10.2 Å². The van der Waals surface area contributed by atoms with Crippen molar-refractivity contribution in [3.63, 3.8) is 0 Å². The van der Waals surface area contributed by atoms with Crippen LogP contribution in [0.2, 0.25) is 5.02 Å². The van der Waals surface area contributed by atoms with E-state index in [1.54, 1.807) is 0 Å². The second-order valence-corrected chi connectivity index (χ2v) is 14.7. The molecule has 16 nitrogen and oxygen atoms in total. The van der Waals surface area contributed by atoms with E-state index in [-0.39, 0.29) is 62.1 Å². The van der Waals surface area contributed by atoms with Gasteiger partial charge in [0.1, 0.15) is 11.5 Å². The molecule has 316 valence electrons. The van der Waals surface area contributed by atoms with E-state index in [9.17, 15) is 24.0 Å². The third kappa shape index (κ3) is 13.6. The van der Waals surface area contributed by atoms with Crippen molar-refractivity contribution in [1.82, 2.24) is 20.4 Å². The van der Waals surface area contributed by atoms with Crippen LogP contribution in [0.15, 0.2) is 64.8 Å². The van der Waals surface area contributed by atoms with E-state index in [4.69, 9.17) is 25.8 Å². The molecule has 2 aliphatic heterocycles. The van der Waals surface area contributed by atoms with Crippen molar-refractivity contribution in [3.05, 3.63) is 76.3 Å². The lowest BCUT2D eigenvalue weighted by atomic mass is 10.1. The summed E-state index contributed by atoms with van der Waals surface area (Å²) in [7, 11) is 2.83. The number of ketones is 1. The van der Waals surface area contributed by atoms with Crippen molar-refractivity contribution >= 4 is 58.1 Å². The lowest BCUT2D eigenvalue weighted by Gasteiger charge is -2.26. The second kappa shape index (κ2) is 22.7. The molecule has 1 unspecified atom stereocenters. The molecule has 59 heavy (non-hydrogen) atoms. The Morgan fingerprint density at radius 3 is 1.90 bits per heavy atom. The number of benzene rings is 3. The molecule has 3 aromatic carbocycles. The number of likely N-dealkylation sites (tertiary alicyclic amines) is 1. The third-order valence-corrected chi connectivity index (χ3v) is 10.2. The van der Waals surface area contributed by atoms with Gasteiger partial charge in [-0.3, -0.25) is 28.9 Å². The van der Waals surface area contributed by atoms with E-state index in [0.29, 0.717) is 26.3 Å². The van der Waals surface area contributed by atoms with E-state index in [2.05, 4.69) is 41.3 Å². The molecule has 0 saturated carbocycles. The number of carbonyl (C=O) groups excluding carboxylic acids is 5. The molecule has 2 aliphatic rings. The van der Waals surface area contributed by atoms with E-state index in [1.807, 2.05) is 0 Å². The minimum atomic E-state index is -1.49. The number of Topliss-reactive ketones (excluding diaryl/α,β-unsaturated/α-hetero) is 1. The number of rotatable bonds is 19. The van der Waals surface area contributed by atoms with Gasteiger partial charge in [0, 0.05) is 60.7 Å². The molecule has 4 N–H and O–H groups in total. The number of hydrogen-bond acceptors (Lipinski definition) is 12. The molecule has 0 spiro atoms. The van der Waals surface area contributed by atoms with Gasteiger partial charge in [-0.25, -0.2) is 0 Å². The van der Waals surface area contributed by atoms with Crippen molar-refractivity contribution < 1.29 is 38.2 Å². The molecule has 5 rings (SSSR count). The number of methoxy groups -OCH3 is 2. The van der Waals surface area contributed by atoms with E-state index >= 15 is 0 Å². The normalized spacial score (nSPS) is 15.3. The molecule has 4 amide bonds. The average molecular weight is 833 g/mol. The number of nitrogens with zero attached hydrogens (tertiary/aromatic N) is 4. The number of anilines is 2. The van der Waals surface area contributed by atoms with Gasteiger partial charge in [0.05, 0.1) is 43.8 Å². The molecular formula is C42H53ClN8O8. The van der Waals surface area contributed by atoms with Gasteiger partial charge < -0.3 is 40.4 Å². The fourth-order valence-electron chi connectivity index (χ4n) is 6.67. The number of amides is 4. The minimum absolute atomic E-state index is 0.220. The zero-order chi connectivity index (χ0) is 42.1. The number of azo groups is 1. The Morgan fingerprint density at radius 2 is 1.32 bits per heavy atom. The van der Waals surface area contributed by atoms with Crippen LogP contribution in [0.3, 0.4) is 0 Å². The monoisotopic (exact) mass is 832 g/mol.